The van der Waals surface area contributed by atoms with E-state index in [1.807, 2.05) is 0 Å². The molecule has 0 saturated carbocycles. The third-order valence-electron chi connectivity index (χ3n) is 2.50. The SMILES string of the molecule is COCc1cc(C(=O)NCCS(C)=O)cc(S(=O)(=O)Cl)c1. The smallest absolute Gasteiger partial charge is 0.261 e. The van der Waals surface area contributed by atoms with E-state index in [-0.39, 0.29) is 23.6 Å². The zero-order valence-electron chi connectivity index (χ0n) is 11.6. The number of halogens is 1. The van der Waals surface area contributed by atoms with Crippen LogP contribution >= 0.6 is 10.7 Å². The van der Waals surface area contributed by atoms with Crippen LogP contribution in [0.25, 0.3) is 0 Å². The molecule has 0 aromatic heterocycles. The van der Waals surface area contributed by atoms with E-state index >= 15 is 0 Å². The number of carbonyl (C=O) groups excluding carboxylic acids is 1. The zero-order valence-corrected chi connectivity index (χ0v) is 14.0. The number of rotatable bonds is 7. The van der Waals surface area contributed by atoms with E-state index in [9.17, 15) is 17.4 Å². The van der Waals surface area contributed by atoms with E-state index in [1.54, 1.807) is 0 Å². The highest BCUT2D eigenvalue weighted by Crippen LogP contribution is 2.19. The second-order valence-corrected chi connectivity index (χ2v) is 8.39. The molecule has 118 valence electrons. The first-order valence-electron chi connectivity index (χ1n) is 5.90. The summed E-state index contributed by atoms with van der Waals surface area (Å²) in [5.74, 6) is -0.135. The molecule has 1 rings (SSSR count). The molecule has 0 aliphatic heterocycles. The zero-order chi connectivity index (χ0) is 16.0. The summed E-state index contributed by atoms with van der Waals surface area (Å²) < 4.78 is 38.7. The molecule has 1 aromatic rings. The Labute approximate surface area is 130 Å². The Bertz CT molecular complexity index is 645. The van der Waals surface area contributed by atoms with Gasteiger partial charge in [-0.3, -0.25) is 9.00 Å². The van der Waals surface area contributed by atoms with Gasteiger partial charge >= 0.3 is 0 Å². The number of amides is 1. The van der Waals surface area contributed by atoms with Gasteiger partial charge in [0.15, 0.2) is 0 Å². The predicted octanol–water partition coefficient (Wildman–Crippen LogP) is 0.869. The normalized spacial score (nSPS) is 12.9. The first-order valence-corrected chi connectivity index (χ1v) is 9.93. The number of methoxy groups -OCH3 is 1. The summed E-state index contributed by atoms with van der Waals surface area (Å²) in [5.41, 5.74) is 0.675. The van der Waals surface area contributed by atoms with Crippen LogP contribution in [-0.4, -0.2) is 44.2 Å². The lowest BCUT2D eigenvalue weighted by atomic mass is 10.1. The molecule has 1 aromatic carbocycles. The molecule has 1 N–H and O–H groups in total. The Morgan fingerprint density at radius 3 is 2.57 bits per heavy atom. The van der Waals surface area contributed by atoms with Crippen LogP contribution in [0, 0.1) is 0 Å². The summed E-state index contributed by atoms with van der Waals surface area (Å²) in [6, 6.07) is 4.07. The summed E-state index contributed by atoms with van der Waals surface area (Å²) in [4.78, 5) is 11.8. The van der Waals surface area contributed by atoms with Crippen molar-refractivity contribution in [3.8, 4) is 0 Å². The van der Waals surface area contributed by atoms with Crippen molar-refractivity contribution < 1.29 is 22.2 Å². The summed E-state index contributed by atoms with van der Waals surface area (Å²) in [6.07, 6.45) is 1.53. The second kappa shape index (κ2) is 7.88. The Morgan fingerprint density at radius 2 is 2.05 bits per heavy atom. The van der Waals surface area contributed by atoms with Gasteiger partial charge in [-0.15, -0.1) is 0 Å². The van der Waals surface area contributed by atoms with Crippen LogP contribution in [0.2, 0.25) is 0 Å². The topological polar surface area (TPSA) is 89.5 Å². The van der Waals surface area contributed by atoms with Crippen LogP contribution in [0.4, 0.5) is 0 Å². The lowest BCUT2D eigenvalue weighted by Gasteiger charge is -2.08. The average molecular weight is 354 g/mol. The molecule has 21 heavy (non-hydrogen) atoms. The lowest BCUT2D eigenvalue weighted by molar-refractivity contribution is 0.0955. The highest BCUT2D eigenvalue weighted by molar-refractivity contribution is 8.13. The number of nitrogens with one attached hydrogen (secondary N) is 1. The van der Waals surface area contributed by atoms with Gasteiger partial charge in [-0.1, -0.05) is 0 Å². The van der Waals surface area contributed by atoms with Crippen LogP contribution in [0.5, 0.6) is 0 Å². The van der Waals surface area contributed by atoms with Gasteiger partial charge in [-0.05, 0) is 23.8 Å². The van der Waals surface area contributed by atoms with E-state index in [0.717, 1.165) is 0 Å². The lowest BCUT2D eigenvalue weighted by Crippen LogP contribution is -2.27. The van der Waals surface area contributed by atoms with Crippen molar-refractivity contribution in [1.29, 1.82) is 0 Å². The fourth-order valence-corrected chi connectivity index (χ4v) is 2.81. The van der Waals surface area contributed by atoms with E-state index in [1.165, 1.54) is 31.6 Å². The average Bonchev–Trinajstić information content (AvgIpc) is 2.37. The fourth-order valence-electron chi connectivity index (χ4n) is 1.59. The van der Waals surface area contributed by atoms with Gasteiger partial charge in [0.1, 0.15) is 0 Å². The molecule has 0 aliphatic rings. The molecule has 0 aliphatic carbocycles. The van der Waals surface area contributed by atoms with Gasteiger partial charge in [0.2, 0.25) is 0 Å². The standard InChI is InChI=1S/C12H16ClNO5S2/c1-19-8-9-5-10(7-11(6-9)21(13,17)18)12(15)14-3-4-20(2)16/h5-7H,3-4,8H2,1-2H3,(H,14,15). The molecule has 0 heterocycles. The molecular weight excluding hydrogens is 338 g/mol. The van der Waals surface area contributed by atoms with Crippen molar-refractivity contribution in [2.45, 2.75) is 11.5 Å². The van der Waals surface area contributed by atoms with Gasteiger partial charge in [-0.25, -0.2) is 8.42 Å². The Hall–Kier alpha value is -0.960. The Kier molecular flexibility index (Phi) is 6.79. The van der Waals surface area contributed by atoms with E-state index in [0.29, 0.717) is 11.3 Å². The number of hydrogen-bond acceptors (Lipinski definition) is 5. The van der Waals surface area contributed by atoms with Crippen molar-refractivity contribution in [3.63, 3.8) is 0 Å². The largest absolute Gasteiger partial charge is 0.380 e. The third kappa shape index (κ3) is 6.13. The molecule has 0 spiro atoms. The van der Waals surface area contributed by atoms with Crippen LogP contribution in [0.1, 0.15) is 15.9 Å². The summed E-state index contributed by atoms with van der Waals surface area (Å²) in [5, 5.41) is 2.57. The fraction of sp³-hybridized carbons (Fsp3) is 0.417. The van der Waals surface area contributed by atoms with E-state index < -0.39 is 25.8 Å². The van der Waals surface area contributed by atoms with Crippen molar-refractivity contribution in [3.05, 3.63) is 29.3 Å². The van der Waals surface area contributed by atoms with Crippen molar-refractivity contribution in [1.82, 2.24) is 5.32 Å². The van der Waals surface area contributed by atoms with Gasteiger partial charge in [-0.2, -0.15) is 0 Å². The molecule has 9 heteroatoms. The quantitative estimate of drug-likeness (QED) is 0.734. The summed E-state index contributed by atoms with van der Waals surface area (Å²) >= 11 is 0. The minimum Gasteiger partial charge on any atom is -0.380 e. The van der Waals surface area contributed by atoms with Crippen molar-refractivity contribution in [2.24, 2.45) is 0 Å². The molecule has 0 bridgehead atoms. The molecule has 1 atom stereocenters. The van der Waals surface area contributed by atoms with Crippen LogP contribution in [0.3, 0.4) is 0 Å². The maximum absolute atomic E-state index is 12.0. The second-order valence-electron chi connectivity index (χ2n) is 4.27. The monoisotopic (exact) mass is 353 g/mol. The first-order chi connectivity index (χ1) is 9.74. The van der Waals surface area contributed by atoms with Crippen molar-refractivity contribution in [2.75, 3.05) is 25.7 Å². The van der Waals surface area contributed by atoms with Crippen LogP contribution in [0.15, 0.2) is 23.1 Å². The van der Waals surface area contributed by atoms with Gasteiger partial charge in [0.05, 0.1) is 11.5 Å². The van der Waals surface area contributed by atoms with Gasteiger partial charge in [0.25, 0.3) is 15.0 Å². The van der Waals surface area contributed by atoms with Gasteiger partial charge < -0.3 is 10.1 Å². The van der Waals surface area contributed by atoms with Crippen molar-refractivity contribution >= 4 is 36.4 Å². The molecule has 0 fully saturated rings. The minimum absolute atomic E-state index is 0.152. The molecular formula is C12H16ClNO5S2. The minimum atomic E-state index is -3.95. The Balaban J connectivity index is 3.02. The molecule has 0 radical (unpaired) electrons. The van der Waals surface area contributed by atoms with E-state index in [4.69, 9.17) is 15.4 Å². The van der Waals surface area contributed by atoms with Crippen LogP contribution in [-0.2, 0) is 31.2 Å². The Morgan fingerprint density at radius 1 is 1.38 bits per heavy atom. The predicted molar refractivity (Wildman–Crippen MR) is 81.5 cm³/mol. The number of carbonyl (C=O) groups is 1. The maximum atomic E-state index is 12.0. The van der Waals surface area contributed by atoms with E-state index in [2.05, 4.69) is 5.32 Å². The number of benzene rings is 1. The highest BCUT2D eigenvalue weighted by atomic mass is 35.7. The third-order valence-corrected chi connectivity index (χ3v) is 4.61. The van der Waals surface area contributed by atoms with Gasteiger partial charge in [0, 0.05) is 52.7 Å². The number of ether oxygens (including phenoxy) is 1. The first kappa shape index (κ1) is 18.1. The van der Waals surface area contributed by atoms with Crippen LogP contribution < -0.4 is 5.32 Å². The number of hydrogen-bond donors (Lipinski definition) is 1. The molecule has 1 unspecified atom stereocenters. The molecule has 6 nitrogen and oxygen atoms in total. The molecule has 0 saturated heterocycles. The maximum Gasteiger partial charge on any atom is 0.261 e. The highest BCUT2D eigenvalue weighted by Gasteiger charge is 2.16. The summed E-state index contributed by atoms with van der Waals surface area (Å²) in [6.45, 7) is 0.388. The summed E-state index contributed by atoms with van der Waals surface area (Å²) in [7, 11) is 1.81. The molecule has 1 amide bonds.